The molecule has 0 saturated heterocycles. The SMILES string of the molecule is C[C@@H]1CN([C@@H](C)CO)C(=O)c2c(c3ccccc3n2C)-c2ccccc2CO[C@H]1CN(C)Cc1cccc(F)c1. The Morgan fingerprint density at radius 1 is 1.10 bits per heavy atom. The van der Waals surface area contributed by atoms with Gasteiger partial charge in [0.05, 0.1) is 25.4 Å². The summed E-state index contributed by atoms with van der Waals surface area (Å²) in [7, 11) is 3.94. The van der Waals surface area contributed by atoms with Crippen molar-refractivity contribution in [2.24, 2.45) is 13.0 Å². The summed E-state index contributed by atoms with van der Waals surface area (Å²) in [5.41, 5.74) is 5.37. The van der Waals surface area contributed by atoms with Crippen molar-refractivity contribution in [3.63, 3.8) is 0 Å². The summed E-state index contributed by atoms with van der Waals surface area (Å²) < 4.78 is 22.4. The molecule has 0 aliphatic carbocycles. The molecule has 1 N–H and O–H groups in total. The normalized spacial score (nSPS) is 18.9. The van der Waals surface area contributed by atoms with Gasteiger partial charge < -0.3 is 19.3 Å². The number of para-hydroxylation sites is 1. The minimum absolute atomic E-state index is 0.0312. The highest BCUT2D eigenvalue weighted by Gasteiger charge is 2.33. The standard InChI is InChI=1S/C33H38FN3O3/c1-22-17-37(23(2)20-38)33(39)32-31(28-14-7-8-15-29(28)36(32)4)27-13-6-5-11-25(27)21-40-30(22)19-35(3)18-24-10-9-12-26(34)16-24/h5-16,22-23,30,38H,17-21H2,1-4H3/t22-,23+,30+/m1/s1. The number of hydrogen-bond acceptors (Lipinski definition) is 4. The molecule has 40 heavy (non-hydrogen) atoms. The van der Waals surface area contributed by atoms with Crippen LogP contribution in [0.1, 0.15) is 35.5 Å². The Morgan fingerprint density at radius 3 is 2.62 bits per heavy atom. The first kappa shape index (κ1) is 28.0. The van der Waals surface area contributed by atoms with Gasteiger partial charge in [-0.15, -0.1) is 0 Å². The van der Waals surface area contributed by atoms with E-state index in [1.54, 1.807) is 17.0 Å². The average Bonchev–Trinajstić information content (AvgIpc) is 3.24. The molecule has 4 aromatic rings. The van der Waals surface area contributed by atoms with Gasteiger partial charge in [-0.05, 0) is 48.9 Å². The third-order valence-corrected chi connectivity index (χ3v) is 8.06. The zero-order valence-electron chi connectivity index (χ0n) is 23.7. The van der Waals surface area contributed by atoms with Gasteiger partial charge in [-0.25, -0.2) is 4.39 Å². The first-order valence-corrected chi connectivity index (χ1v) is 13.9. The van der Waals surface area contributed by atoms with E-state index in [4.69, 9.17) is 4.74 Å². The fraction of sp³-hybridized carbons (Fsp3) is 0.364. The van der Waals surface area contributed by atoms with E-state index in [9.17, 15) is 14.3 Å². The topological polar surface area (TPSA) is 57.9 Å². The van der Waals surface area contributed by atoms with Crippen LogP contribution >= 0.6 is 0 Å². The molecule has 1 aliphatic rings. The average molecular weight is 544 g/mol. The predicted molar refractivity (Wildman–Crippen MR) is 156 cm³/mol. The smallest absolute Gasteiger partial charge is 0.271 e. The number of likely N-dealkylation sites (N-methyl/N-ethyl adjacent to an activating group) is 1. The second kappa shape index (κ2) is 11.9. The number of fused-ring (bicyclic) bond motifs is 5. The minimum atomic E-state index is -0.373. The van der Waals surface area contributed by atoms with Crippen LogP contribution in [-0.4, -0.2) is 64.3 Å². The quantitative estimate of drug-likeness (QED) is 0.350. The zero-order valence-corrected chi connectivity index (χ0v) is 23.7. The van der Waals surface area contributed by atoms with Crippen LogP contribution in [0.15, 0.2) is 72.8 Å². The molecule has 1 aromatic heterocycles. The summed E-state index contributed by atoms with van der Waals surface area (Å²) in [6.45, 7) is 5.84. The van der Waals surface area contributed by atoms with Crippen molar-refractivity contribution in [2.75, 3.05) is 26.7 Å². The van der Waals surface area contributed by atoms with Crippen molar-refractivity contribution in [1.29, 1.82) is 0 Å². The highest BCUT2D eigenvalue weighted by Crippen LogP contribution is 2.38. The second-order valence-corrected chi connectivity index (χ2v) is 11.1. The molecule has 0 unspecified atom stereocenters. The molecule has 6 nitrogen and oxygen atoms in total. The van der Waals surface area contributed by atoms with Gasteiger partial charge in [0.15, 0.2) is 0 Å². The Labute approximate surface area is 235 Å². The van der Waals surface area contributed by atoms with Crippen LogP contribution < -0.4 is 0 Å². The first-order chi connectivity index (χ1) is 19.3. The maximum atomic E-state index is 14.4. The fourth-order valence-electron chi connectivity index (χ4n) is 5.84. The van der Waals surface area contributed by atoms with Crippen LogP contribution in [0.3, 0.4) is 0 Å². The van der Waals surface area contributed by atoms with Gasteiger partial charge in [0.1, 0.15) is 11.5 Å². The third kappa shape index (κ3) is 5.55. The number of nitrogens with zero attached hydrogens (tertiary/aromatic N) is 3. The lowest BCUT2D eigenvalue weighted by Gasteiger charge is -2.35. The molecule has 0 fully saturated rings. The van der Waals surface area contributed by atoms with E-state index in [0.717, 1.165) is 33.2 Å². The molecule has 1 aliphatic heterocycles. The van der Waals surface area contributed by atoms with E-state index < -0.39 is 0 Å². The third-order valence-electron chi connectivity index (χ3n) is 8.06. The molecule has 2 heterocycles. The Balaban J connectivity index is 1.57. The van der Waals surface area contributed by atoms with Gasteiger partial charge in [-0.1, -0.05) is 61.5 Å². The van der Waals surface area contributed by atoms with Crippen molar-refractivity contribution in [3.05, 3.63) is 95.4 Å². The molecule has 5 rings (SSSR count). The monoisotopic (exact) mass is 543 g/mol. The molecule has 0 spiro atoms. The number of halogens is 1. The summed E-state index contributed by atoms with van der Waals surface area (Å²) >= 11 is 0. The van der Waals surface area contributed by atoms with Crippen molar-refractivity contribution in [2.45, 2.75) is 39.1 Å². The maximum Gasteiger partial charge on any atom is 0.271 e. The van der Waals surface area contributed by atoms with Crippen molar-refractivity contribution >= 4 is 16.8 Å². The lowest BCUT2D eigenvalue weighted by atomic mass is 9.96. The summed E-state index contributed by atoms with van der Waals surface area (Å²) in [5, 5.41) is 11.2. The molecular formula is C33H38FN3O3. The van der Waals surface area contributed by atoms with Crippen molar-refractivity contribution in [3.8, 4) is 11.1 Å². The van der Waals surface area contributed by atoms with Gasteiger partial charge in [-0.3, -0.25) is 9.69 Å². The van der Waals surface area contributed by atoms with Crippen LogP contribution in [0.2, 0.25) is 0 Å². The van der Waals surface area contributed by atoms with E-state index >= 15 is 0 Å². The van der Waals surface area contributed by atoms with E-state index in [0.29, 0.717) is 31.9 Å². The summed E-state index contributed by atoms with van der Waals surface area (Å²) in [5.74, 6) is -0.386. The largest absolute Gasteiger partial charge is 0.394 e. The number of carbonyl (C=O) groups is 1. The number of benzene rings is 3. The fourth-order valence-corrected chi connectivity index (χ4v) is 5.84. The zero-order chi connectivity index (χ0) is 28.4. The van der Waals surface area contributed by atoms with Crippen LogP contribution in [0, 0.1) is 11.7 Å². The Bertz CT molecular complexity index is 1500. The van der Waals surface area contributed by atoms with E-state index in [2.05, 4.69) is 30.0 Å². The van der Waals surface area contributed by atoms with Gasteiger partial charge in [0.2, 0.25) is 0 Å². The molecule has 3 atom stereocenters. The summed E-state index contributed by atoms with van der Waals surface area (Å²) in [6, 6.07) is 22.5. The number of aliphatic hydroxyl groups is 1. The molecular weight excluding hydrogens is 505 g/mol. The van der Waals surface area contributed by atoms with E-state index in [-0.39, 0.29) is 36.4 Å². The highest BCUT2D eigenvalue weighted by atomic mass is 19.1. The number of amides is 1. The Kier molecular flexibility index (Phi) is 8.35. The van der Waals surface area contributed by atoms with Crippen molar-refractivity contribution < 1.29 is 19.0 Å². The van der Waals surface area contributed by atoms with Crippen LogP contribution in [-0.2, 0) is 24.9 Å². The van der Waals surface area contributed by atoms with Crippen LogP contribution in [0.5, 0.6) is 0 Å². The predicted octanol–water partition coefficient (Wildman–Crippen LogP) is 5.47. The number of aliphatic hydroxyl groups excluding tert-OH is 1. The molecule has 0 bridgehead atoms. The van der Waals surface area contributed by atoms with Crippen LogP contribution in [0.25, 0.3) is 22.0 Å². The molecule has 0 saturated carbocycles. The van der Waals surface area contributed by atoms with Gasteiger partial charge in [-0.2, -0.15) is 0 Å². The molecule has 7 heteroatoms. The number of rotatable bonds is 6. The molecule has 3 aromatic carbocycles. The Hall–Kier alpha value is -3.52. The summed E-state index contributed by atoms with van der Waals surface area (Å²) in [4.78, 5) is 18.3. The van der Waals surface area contributed by atoms with Gasteiger partial charge in [0, 0.05) is 49.1 Å². The highest BCUT2D eigenvalue weighted by molar-refractivity contribution is 6.10. The van der Waals surface area contributed by atoms with Crippen LogP contribution in [0.4, 0.5) is 4.39 Å². The lowest BCUT2D eigenvalue weighted by molar-refractivity contribution is -0.0242. The summed E-state index contributed by atoms with van der Waals surface area (Å²) in [6.07, 6.45) is -0.203. The van der Waals surface area contributed by atoms with Crippen molar-refractivity contribution in [1.82, 2.24) is 14.4 Å². The lowest BCUT2D eigenvalue weighted by Crippen LogP contribution is -2.47. The van der Waals surface area contributed by atoms with Gasteiger partial charge in [0.25, 0.3) is 5.91 Å². The number of aryl methyl sites for hydroxylation is 1. The van der Waals surface area contributed by atoms with E-state index in [1.165, 1.54) is 6.07 Å². The number of aromatic nitrogens is 1. The molecule has 1 amide bonds. The number of hydrogen-bond donors (Lipinski definition) is 1. The maximum absolute atomic E-state index is 14.4. The first-order valence-electron chi connectivity index (χ1n) is 13.9. The minimum Gasteiger partial charge on any atom is -0.394 e. The number of ether oxygens (including phenoxy) is 1. The molecule has 0 radical (unpaired) electrons. The van der Waals surface area contributed by atoms with Gasteiger partial charge >= 0.3 is 0 Å². The van der Waals surface area contributed by atoms with E-state index in [1.807, 2.05) is 62.0 Å². The number of carbonyl (C=O) groups excluding carboxylic acids is 1. The second-order valence-electron chi connectivity index (χ2n) is 11.1. The Morgan fingerprint density at radius 2 is 1.85 bits per heavy atom. The molecule has 210 valence electrons.